The van der Waals surface area contributed by atoms with Crippen molar-refractivity contribution in [1.29, 1.82) is 0 Å². The van der Waals surface area contributed by atoms with Gasteiger partial charge in [0.15, 0.2) is 5.65 Å². The van der Waals surface area contributed by atoms with Gasteiger partial charge in [0.25, 0.3) is 0 Å². The molecule has 3 aromatic rings. The monoisotopic (exact) mass is 411 g/mol. The van der Waals surface area contributed by atoms with E-state index < -0.39 is 6.04 Å². The highest BCUT2D eigenvalue weighted by Crippen LogP contribution is 2.31. The van der Waals surface area contributed by atoms with Gasteiger partial charge in [0.05, 0.1) is 25.5 Å². The van der Waals surface area contributed by atoms with Gasteiger partial charge in [-0.05, 0) is 18.2 Å². The molecule has 0 saturated carbocycles. The second-order valence-corrected chi connectivity index (χ2v) is 7.05. The number of carbonyl (C=O) groups is 1. The molecule has 0 radical (unpaired) electrons. The van der Waals surface area contributed by atoms with Crippen LogP contribution < -0.4 is 15.4 Å². The Kier molecular flexibility index (Phi) is 5.77. The Morgan fingerprint density at radius 3 is 2.73 bits per heavy atom. The van der Waals surface area contributed by atoms with Crippen molar-refractivity contribution in [2.45, 2.75) is 6.04 Å². The summed E-state index contributed by atoms with van der Waals surface area (Å²) in [5, 5.41) is 4.40. The molecular formula is C20H25N7O3. The molecule has 0 unspecified atom stereocenters. The van der Waals surface area contributed by atoms with Crippen LogP contribution in [0, 0.1) is 0 Å². The number of carbonyl (C=O) groups excluding carboxylic acids is 1. The van der Waals surface area contributed by atoms with Crippen LogP contribution in [-0.2, 0) is 9.53 Å². The largest absolute Gasteiger partial charge is 0.481 e. The van der Waals surface area contributed by atoms with Crippen LogP contribution in [0.5, 0.6) is 5.88 Å². The molecule has 1 amide bonds. The van der Waals surface area contributed by atoms with E-state index in [1.165, 1.54) is 0 Å². The van der Waals surface area contributed by atoms with Crippen molar-refractivity contribution in [3.8, 4) is 17.0 Å². The lowest BCUT2D eigenvalue weighted by molar-refractivity contribution is -0.134. The first-order valence-corrected chi connectivity index (χ1v) is 9.74. The number of rotatable bonds is 6. The van der Waals surface area contributed by atoms with Gasteiger partial charge in [-0.3, -0.25) is 4.79 Å². The zero-order valence-corrected chi connectivity index (χ0v) is 17.1. The van der Waals surface area contributed by atoms with Crippen LogP contribution in [0.3, 0.4) is 0 Å². The molecule has 4 rings (SSSR count). The lowest BCUT2D eigenvalue weighted by atomic mass is 10.1. The predicted molar refractivity (Wildman–Crippen MR) is 111 cm³/mol. The minimum absolute atomic E-state index is 0.0818. The van der Waals surface area contributed by atoms with Crippen LogP contribution in [0.4, 0.5) is 5.82 Å². The van der Waals surface area contributed by atoms with E-state index in [0.717, 1.165) is 22.6 Å². The number of fused-ring (bicyclic) bond motifs is 1. The third kappa shape index (κ3) is 3.79. The molecule has 1 aliphatic heterocycles. The van der Waals surface area contributed by atoms with E-state index in [1.54, 1.807) is 36.0 Å². The molecule has 3 aromatic heterocycles. The summed E-state index contributed by atoms with van der Waals surface area (Å²) in [6.45, 7) is 2.75. The first-order chi connectivity index (χ1) is 14.6. The molecule has 10 nitrogen and oxygen atoms in total. The quantitative estimate of drug-likeness (QED) is 0.621. The minimum atomic E-state index is -0.625. The van der Waals surface area contributed by atoms with E-state index in [-0.39, 0.29) is 12.5 Å². The molecular weight excluding hydrogens is 386 g/mol. The first kappa shape index (κ1) is 20.0. The fourth-order valence-electron chi connectivity index (χ4n) is 3.63. The Balaban J connectivity index is 1.54. The zero-order valence-electron chi connectivity index (χ0n) is 17.1. The number of hydrogen-bond donors (Lipinski definition) is 1. The Hall–Kier alpha value is -3.24. The summed E-state index contributed by atoms with van der Waals surface area (Å²) >= 11 is 0. The SMILES string of the molecule is COC[C@H](N)C(=O)N1CCN(c2ccn3ncc(-c4cccnc4OC)c3n2)CC1. The van der Waals surface area contributed by atoms with E-state index >= 15 is 0 Å². The fraction of sp³-hybridized carbons (Fsp3) is 0.400. The fourth-order valence-corrected chi connectivity index (χ4v) is 3.63. The maximum atomic E-state index is 12.4. The Labute approximate surface area is 174 Å². The number of amides is 1. The second-order valence-electron chi connectivity index (χ2n) is 7.05. The number of hydrogen-bond acceptors (Lipinski definition) is 8. The van der Waals surface area contributed by atoms with Gasteiger partial charge in [-0.15, -0.1) is 0 Å². The van der Waals surface area contributed by atoms with Crippen molar-refractivity contribution < 1.29 is 14.3 Å². The summed E-state index contributed by atoms with van der Waals surface area (Å²) in [4.78, 5) is 25.4. The summed E-state index contributed by atoms with van der Waals surface area (Å²) in [5.41, 5.74) is 8.29. The third-order valence-corrected chi connectivity index (χ3v) is 5.19. The number of methoxy groups -OCH3 is 2. The molecule has 1 atom stereocenters. The molecule has 4 heterocycles. The van der Waals surface area contributed by atoms with E-state index in [1.807, 2.05) is 24.4 Å². The van der Waals surface area contributed by atoms with Crippen LogP contribution in [0.2, 0.25) is 0 Å². The van der Waals surface area contributed by atoms with E-state index in [9.17, 15) is 4.79 Å². The predicted octanol–water partition coefficient (Wildman–Crippen LogP) is 0.422. The van der Waals surface area contributed by atoms with Crippen LogP contribution in [0.15, 0.2) is 36.8 Å². The number of pyridine rings is 1. The van der Waals surface area contributed by atoms with Gasteiger partial charge in [-0.25, -0.2) is 14.5 Å². The smallest absolute Gasteiger partial charge is 0.241 e. The molecule has 1 fully saturated rings. The summed E-state index contributed by atoms with van der Waals surface area (Å²) in [7, 11) is 3.13. The maximum absolute atomic E-state index is 12.4. The normalized spacial score (nSPS) is 15.4. The van der Waals surface area contributed by atoms with Gasteiger partial charge in [-0.2, -0.15) is 5.10 Å². The number of ether oxygens (including phenoxy) is 2. The van der Waals surface area contributed by atoms with Crippen molar-refractivity contribution in [1.82, 2.24) is 24.5 Å². The van der Waals surface area contributed by atoms with E-state index in [0.29, 0.717) is 32.1 Å². The van der Waals surface area contributed by atoms with Crippen molar-refractivity contribution in [3.63, 3.8) is 0 Å². The van der Waals surface area contributed by atoms with Gasteiger partial charge < -0.3 is 25.0 Å². The Morgan fingerprint density at radius 1 is 1.20 bits per heavy atom. The summed E-state index contributed by atoms with van der Waals surface area (Å²) in [6, 6.07) is 5.10. The molecule has 30 heavy (non-hydrogen) atoms. The van der Waals surface area contributed by atoms with Gasteiger partial charge in [-0.1, -0.05) is 0 Å². The number of nitrogens with two attached hydrogens (primary N) is 1. The highest BCUT2D eigenvalue weighted by molar-refractivity contribution is 5.82. The maximum Gasteiger partial charge on any atom is 0.241 e. The first-order valence-electron chi connectivity index (χ1n) is 9.74. The number of anilines is 1. The molecule has 0 bridgehead atoms. The summed E-state index contributed by atoms with van der Waals surface area (Å²) in [5.74, 6) is 1.28. The van der Waals surface area contributed by atoms with Gasteiger partial charge >= 0.3 is 0 Å². The van der Waals surface area contributed by atoms with Crippen LogP contribution in [0.1, 0.15) is 0 Å². The molecule has 0 aliphatic carbocycles. The van der Waals surface area contributed by atoms with Crippen molar-refractivity contribution >= 4 is 17.4 Å². The molecule has 1 aliphatic rings. The highest BCUT2D eigenvalue weighted by atomic mass is 16.5. The van der Waals surface area contributed by atoms with Crippen molar-refractivity contribution in [3.05, 3.63) is 36.8 Å². The van der Waals surface area contributed by atoms with Gasteiger partial charge in [0.1, 0.15) is 11.9 Å². The topological polar surface area (TPSA) is 111 Å². The molecule has 158 valence electrons. The van der Waals surface area contributed by atoms with Crippen molar-refractivity contribution in [2.75, 3.05) is 51.9 Å². The summed E-state index contributed by atoms with van der Waals surface area (Å²) in [6.07, 6.45) is 5.34. The minimum Gasteiger partial charge on any atom is -0.481 e. The van der Waals surface area contributed by atoms with E-state index in [4.69, 9.17) is 20.2 Å². The highest BCUT2D eigenvalue weighted by Gasteiger charge is 2.26. The molecule has 0 spiro atoms. The molecule has 10 heteroatoms. The van der Waals surface area contributed by atoms with Gasteiger partial charge in [0, 0.05) is 51.2 Å². The van der Waals surface area contributed by atoms with Crippen LogP contribution >= 0.6 is 0 Å². The molecule has 0 aromatic carbocycles. The Bertz CT molecular complexity index is 1030. The van der Waals surface area contributed by atoms with E-state index in [2.05, 4.69) is 15.0 Å². The number of nitrogens with zero attached hydrogens (tertiary/aromatic N) is 6. The second kappa shape index (κ2) is 8.64. The lowest BCUT2D eigenvalue weighted by Crippen LogP contribution is -2.54. The van der Waals surface area contributed by atoms with Crippen LogP contribution in [-0.4, -0.2) is 83.4 Å². The third-order valence-electron chi connectivity index (χ3n) is 5.19. The average Bonchev–Trinajstić information content (AvgIpc) is 3.22. The number of piperazine rings is 1. The molecule has 1 saturated heterocycles. The zero-order chi connectivity index (χ0) is 21.1. The average molecular weight is 411 g/mol. The molecule has 2 N–H and O–H groups in total. The van der Waals surface area contributed by atoms with Gasteiger partial charge in [0.2, 0.25) is 11.8 Å². The number of aromatic nitrogens is 4. The standard InChI is InChI=1S/C20H25N7O3/c1-29-13-16(21)20(28)26-10-8-25(9-11-26)17-5-7-27-18(24-17)15(12-23-27)14-4-3-6-22-19(14)30-2/h3-7,12,16H,8-11,13,21H2,1-2H3/t16-/m0/s1. The summed E-state index contributed by atoms with van der Waals surface area (Å²) < 4.78 is 12.1. The lowest BCUT2D eigenvalue weighted by Gasteiger charge is -2.36. The van der Waals surface area contributed by atoms with Crippen molar-refractivity contribution in [2.24, 2.45) is 5.73 Å². The Morgan fingerprint density at radius 2 is 2.00 bits per heavy atom. The van der Waals surface area contributed by atoms with Crippen LogP contribution in [0.25, 0.3) is 16.8 Å².